The van der Waals surface area contributed by atoms with Gasteiger partial charge in [0.15, 0.2) is 0 Å². The van der Waals surface area contributed by atoms with Crippen molar-refractivity contribution >= 4 is 53.7 Å². The second-order valence-corrected chi connectivity index (χ2v) is 9.20. The maximum absolute atomic E-state index is 4.83. The SMILES string of the molecule is Cc1ccc(-c2cc(Br)nc3c2ccc2c(-c4ccc(C)cc4)cc(Br)nc23)cc1. The van der Waals surface area contributed by atoms with E-state index in [4.69, 9.17) is 9.97 Å². The molecule has 5 rings (SSSR count). The van der Waals surface area contributed by atoms with Crippen LogP contribution in [-0.2, 0) is 0 Å². The third-order valence-electron chi connectivity index (χ3n) is 5.42. The van der Waals surface area contributed by atoms with Crippen LogP contribution in [0, 0.1) is 13.8 Å². The van der Waals surface area contributed by atoms with Gasteiger partial charge in [-0.15, -0.1) is 0 Å². The first-order valence-corrected chi connectivity index (χ1v) is 11.3. The summed E-state index contributed by atoms with van der Waals surface area (Å²) in [6.45, 7) is 4.21. The van der Waals surface area contributed by atoms with Crippen LogP contribution in [0.25, 0.3) is 44.1 Å². The highest BCUT2D eigenvalue weighted by Crippen LogP contribution is 2.37. The summed E-state index contributed by atoms with van der Waals surface area (Å²) in [5, 5.41) is 2.19. The monoisotopic (exact) mass is 516 g/mol. The van der Waals surface area contributed by atoms with Gasteiger partial charge in [-0.25, -0.2) is 9.97 Å². The van der Waals surface area contributed by atoms with E-state index >= 15 is 0 Å². The summed E-state index contributed by atoms with van der Waals surface area (Å²) in [7, 11) is 0. The summed E-state index contributed by atoms with van der Waals surface area (Å²) in [6.07, 6.45) is 0. The van der Waals surface area contributed by atoms with Crippen molar-refractivity contribution in [2.45, 2.75) is 13.8 Å². The van der Waals surface area contributed by atoms with Crippen LogP contribution in [-0.4, -0.2) is 9.97 Å². The Morgan fingerprint density at radius 1 is 0.533 bits per heavy atom. The minimum absolute atomic E-state index is 0.803. The van der Waals surface area contributed by atoms with E-state index < -0.39 is 0 Å². The van der Waals surface area contributed by atoms with Crippen LogP contribution in [0.15, 0.2) is 82.0 Å². The van der Waals surface area contributed by atoms with Crippen LogP contribution in [0.2, 0.25) is 0 Å². The molecule has 0 aliphatic rings. The molecule has 0 aliphatic carbocycles. The van der Waals surface area contributed by atoms with Gasteiger partial charge in [0.05, 0.1) is 11.0 Å². The topological polar surface area (TPSA) is 25.8 Å². The Morgan fingerprint density at radius 2 is 0.900 bits per heavy atom. The van der Waals surface area contributed by atoms with Gasteiger partial charge >= 0.3 is 0 Å². The number of aryl methyl sites for hydroxylation is 2. The third-order valence-corrected chi connectivity index (χ3v) is 6.23. The van der Waals surface area contributed by atoms with Gasteiger partial charge in [-0.2, -0.15) is 0 Å². The Kier molecular flexibility index (Phi) is 4.92. The van der Waals surface area contributed by atoms with Gasteiger partial charge in [-0.3, -0.25) is 0 Å². The smallest absolute Gasteiger partial charge is 0.107 e. The molecule has 2 aromatic heterocycles. The minimum Gasteiger partial charge on any atom is -0.239 e. The summed E-state index contributed by atoms with van der Waals surface area (Å²) in [4.78, 5) is 9.66. The quantitative estimate of drug-likeness (QED) is 0.174. The van der Waals surface area contributed by atoms with E-state index in [9.17, 15) is 0 Å². The van der Waals surface area contributed by atoms with Crippen molar-refractivity contribution in [3.8, 4) is 22.3 Å². The van der Waals surface area contributed by atoms with E-state index in [-0.39, 0.29) is 0 Å². The first kappa shape index (κ1) is 19.4. The second kappa shape index (κ2) is 7.60. The number of hydrogen-bond acceptors (Lipinski definition) is 2. The average molecular weight is 518 g/mol. The highest BCUT2D eigenvalue weighted by atomic mass is 79.9. The van der Waals surface area contributed by atoms with Gasteiger partial charge in [0.25, 0.3) is 0 Å². The molecular weight excluding hydrogens is 500 g/mol. The van der Waals surface area contributed by atoms with Crippen LogP contribution >= 0.6 is 31.9 Å². The fourth-order valence-corrected chi connectivity index (χ4v) is 4.67. The lowest BCUT2D eigenvalue weighted by molar-refractivity contribution is 1.31. The highest BCUT2D eigenvalue weighted by Gasteiger charge is 2.14. The van der Waals surface area contributed by atoms with Gasteiger partial charge in [0, 0.05) is 10.8 Å². The van der Waals surface area contributed by atoms with E-state index in [0.717, 1.165) is 42.1 Å². The largest absolute Gasteiger partial charge is 0.239 e. The van der Waals surface area contributed by atoms with Crippen LogP contribution in [0.4, 0.5) is 0 Å². The fraction of sp³-hybridized carbons (Fsp3) is 0.0769. The number of halogens is 2. The molecule has 0 spiro atoms. The van der Waals surface area contributed by atoms with Gasteiger partial charge in [0.2, 0.25) is 0 Å². The van der Waals surface area contributed by atoms with Crippen molar-refractivity contribution in [1.29, 1.82) is 0 Å². The molecule has 5 aromatic rings. The van der Waals surface area contributed by atoms with Crippen LogP contribution < -0.4 is 0 Å². The summed E-state index contributed by atoms with van der Waals surface area (Å²) < 4.78 is 1.61. The summed E-state index contributed by atoms with van der Waals surface area (Å²) in [5.74, 6) is 0. The van der Waals surface area contributed by atoms with Crippen molar-refractivity contribution in [3.63, 3.8) is 0 Å². The molecule has 30 heavy (non-hydrogen) atoms. The summed E-state index contributed by atoms with van der Waals surface area (Å²) in [5.41, 5.74) is 8.91. The maximum Gasteiger partial charge on any atom is 0.107 e. The second-order valence-electron chi connectivity index (χ2n) is 7.58. The Hall–Kier alpha value is -2.56. The van der Waals surface area contributed by atoms with E-state index in [1.807, 2.05) is 0 Å². The zero-order valence-corrected chi connectivity index (χ0v) is 19.8. The lowest BCUT2D eigenvalue weighted by Crippen LogP contribution is -1.93. The van der Waals surface area contributed by atoms with Crippen molar-refractivity contribution < 1.29 is 0 Å². The van der Waals surface area contributed by atoms with E-state index in [0.29, 0.717) is 0 Å². The summed E-state index contributed by atoms with van der Waals surface area (Å²) >= 11 is 7.24. The average Bonchev–Trinajstić information content (AvgIpc) is 2.74. The molecule has 0 saturated heterocycles. The van der Waals surface area contributed by atoms with E-state index in [2.05, 4.69) is 119 Å². The van der Waals surface area contributed by atoms with Crippen LogP contribution in [0.5, 0.6) is 0 Å². The molecule has 0 fully saturated rings. The zero-order chi connectivity index (χ0) is 20.8. The third kappa shape index (κ3) is 3.44. The molecule has 0 amide bonds. The Morgan fingerprint density at radius 3 is 1.27 bits per heavy atom. The molecule has 0 atom stereocenters. The standard InChI is InChI=1S/C26H18Br2N2/c1-15-3-7-17(8-4-15)21-13-23(27)29-25-19(21)11-12-20-22(14-24(28)30-26(20)25)18-9-5-16(2)6-10-18/h3-14H,1-2H3. The number of benzene rings is 3. The molecule has 0 saturated carbocycles. The molecule has 0 aliphatic heterocycles. The number of hydrogen-bond donors (Lipinski definition) is 0. The molecular formula is C26H18Br2N2. The normalized spacial score (nSPS) is 11.3. The highest BCUT2D eigenvalue weighted by molar-refractivity contribution is 9.10. The fourth-order valence-electron chi connectivity index (χ4n) is 3.86. The minimum atomic E-state index is 0.803. The molecule has 0 bridgehead atoms. The van der Waals surface area contributed by atoms with E-state index in [1.165, 1.54) is 22.3 Å². The van der Waals surface area contributed by atoms with Crippen LogP contribution in [0.1, 0.15) is 11.1 Å². The number of pyridine rings is 2. The molecule has 3 aromatic carbocycles. The first-order chi connectivity index (χ1) is 14.5. The van der Waals surface area contributed by atoms with Crippen molar-refractivity contribution in [2.75, 3.05) is 0 Å². The van der Waals surface area contributed by atoms with E-state index in [1.54, 1.807) is 0 Å². The number of nitrogens with zero attached hydrogens (tertiary/aromatic N) is 2. The number of aromatic nitrogens is 2. The molecule has 2 nitrogen and oxygen atoms in total. The predicted molar refractivity (Wildman–Crippen MR) is 133 cm³/mol. The molecule has 0 radical (unpaired) electrons. The Balaban J connectivity index is 1.84. The van der Waals surface area contributed by atoms with Crippen molar-refractivity contribution in [1.82, 2.24) is 9.97 Å². The summed E-state index contributed by atoms with van der Waals surface area (Å²) in [6, 6.07) is 25.7. The van der Waals surface area contributed by atoms with Gasteiger partial charge < -0.3 is 0 Å². The molecule has 2 heterocycles. The van der Waals surface area contributed by atoms with Gasteiger partial charge in [-0.05, 0) is 80.1 Å². The number of rotatable bonds is 2. The number of fused-ring (bicyclic) bond motifs is 3. The molecule has 146 valence electrons. The van der Waals surface area contributed by atoms with Crippen molar-refractivity contribution in [2.24, 2.45) is 0 Å². The maximum atomic E-state index is 4.83. The predicted octanol–water partition coefficient (Wildman–Crippen LogP) is 8.26. The lowest BCUT2D eigenvalue weighted by atomic mass is 9.96. The molecule has 0 N–H and O–H groups in total. The van der Waals surface area contributed by atoms with Crippen LogP contribution in [0.3, 0.4) is 0 Å². The Bertz CT molecular complexity index is 1300. The first-order valence-electron chi connectivity index (χ1n) is 9.73. The van der Waals surface area contributed by atoms with Crippen molar-refractivity contribution in [3.05, 3.63) is 93.1 Å². The lowest BCUT2D eigenvalue weighted by Gasteiger charge is -2.13. The van der Waals surface area contributed by atoms with Gasteiger partial charge in [-0.1, -0.05) is 71.8 Å². The molecule has 0 unspecified atom stereocenters. The zero-order valence-electron chi connectivity index (χ0n) is 16.6. The Labute approximate surface area is 192 Å². The molecule has 4 heteroatoms. The van der Waals surface area contributed by atoms with Gasteiger partial charge in [0.1, 0.15) is 9.21 Å².